The van der Waals surface area contributed by atoms with Crippen LogP contribution in [0.15, 0.2) is 48.5 Å². The van der Waals surface area contributed by atoms with Gasteiger partial charge in [-0.05, 0) is 48.9 Å². The molecule has 4 unspecified atom stereocenters. The van der Waals surface area contributed by atoms with E-state index in [1.54, 1.807) is 32.2 Å². The molecule has 8 rings (SSSR count). The molecule has 0 aliphatic carbocycles. The molecule has 0 radical (unpaired) electrons. The summed E-state index contributed by atoms with van der Waals surface area (Å²) in [6.07, 6.45) is 1.03. The molecule has 0 saturated carbocycles. The van der Waals surface area contributed by atoms with E-state index in [0.29, 0.717) is 66.2 Å². The van der Waals surface area contributed by atoms with Gasteiger partial charge in [0.2, 0.25) is 0 Å². The Bertz CT molecular complexity index is 1900. The lowest BCUT2D eigenvalue weighted by atomic mass is 10.0. The summed E-state index contributed by atoms with van der Waals surface area (Å²) in [5, 5.41) is 0.304. The van der Waals surface area contributed by atoms with Crippen molar-refractivity contribution >= 4 is 34.3 Å². The second-order valence-electron chi connectivity index (χ2n) is 12.7. The minimum atomic E-state index is -1.35. The molecule has 0 spiro atoms. The second kappa shape index (κ2) is 12.1. The number of fused-ring (bicyclic) bond motifs is 3. The Balaban J connectivity index is 1.09. The van der Waals surface area contributed by atoms with E-state index in [2.05, 4.69) is 14.4 Å². The van der Waals surface area contributed by atoms with Gasteiger partial charge in [-0.15, -0.1) is 0 Å². The van der Waals surface area contributed by atoms with Crippen molar-refractivity contribution in [2.45, 2.75) is 50.4 Å². The molecule has 4 atom stereocenters. The van der Waals surface area contributed by atoms with Crippen LogP contribution < -0.4 is 19.1 Å². The van der Waals surface area contributed by atoms with Crippen LogP contribution in [0.2, 0.25) is 5.02 Å². The lowest BCUT2D eigenvalue weighted by Gasteiger charge is -2.44. The third-order valence-electron chi connectivity index (χ3n) is 9.87. The maximum atomic E-state index is 15.0. The first-order valence-electron chi connectivity index (χ1n) is 16.1. The number of piperazine rings is 1. The first kappa shape index (κ1) is 31.2. The van der Waals surface area contributed by atoms with Crippen molar-refractivity contribution in [2.24, 2.45) is 0 Å². The lowest BCUT2D eigenvalue weighted by molar-refractivity contribution is -0.0705. The first-order valence-corrected chi connectivity index (χ1v) is 16.5. The summed E-state index contributed by atoms with van der Waals surface area (Å²) in [7, 11) is 2.94. The fourth-order valence-corrected chi connectivity index (χ4v) is 7.48. The summed E-state index contributed by atoms with van der Waals surface area (Å²) >= 11 is 6.02. The number of aromatic nitrogens is 2. The number of nitrogens with zero attached hydrogens (tertiary/aromatic N) is 4. The molecule has 4 aromatic rings. The number of halogens is 2. The van der Waals surface area contributed by atoms with E-state index in [-0.39, 0.29) is 23.8 Å². The zero-order valence-electron chi connectivity index (χ0n) is 26.9. The van der Waals surface area contributed by atoms with Crippen LogP contribution in [0.4, 0.5) is 10.1 Å². The number of ether oxygens (including phenoxy) is 6. The maximum absolute atomic E-state index is 15.0. The fourth-order valence-electron chi connectivity index (χ4n) is 7.32. The molecule has 0 amide bonds. The summed E-state index contributed by atoms with van der Waals surface area (Å²) in [5.74, 6) is 0.216. The Morgan fingerprint density at radius 3 is 2.69 bits per heavy atom. The van der Waals surface area contributed by atoms with Crippen molar-refractivity contribution in [3.63, 3.8) is 0 Å². The number of methoxy groups -OCH3 is 2. The highest BCUT2D eigenvalue weighted by Crippen LogP contribution is 2.51. The van der Waals surface area contributed by atoms with Gasteiger partial charge in [0.25, 0.3) is 5.79 Å². The standard InChI is InChI=1S/C35H36ClFN4O7/c1-35(23-8-7-21(36)15-24(23)37)47-29-6-4-5-25(33(29)48-35)40-11-10-39(27-18-45-19-28(27)40)17-31-38-32-26(41(31)16-22-9-12-46-22)13-20(34(42)44-3)14-30(32)43-2/h4-8,13-15,22,27-28H,9-12,16-19H2,1-3H3. The molecule has 11 nitrogen and oxygen atoms in total. The monoisotopic (exact) mass is 678 g/mol. The molecule has 3 saturated heterocycles. The van der Waals surface area contributed by atoms with E-state index >= 15 is 4.39 Å². The molecule has 3 fully saturated rings. The Hall–Kier alpha value is -4.10. The number of esters is 1. The van der Waals surface area contributed by atoms with E-state index in [9.17, 15) is 4.79 Å². The van der Waals surface area contributed by atoms with Crippen LogP contribution >= 0.6 is 11.6 Å². The molecule has 4 aliphatic rings. The van der Waals surface area contributed by atoms with Gasteiger partial charge in [-0.3, -0.25) is 4.90 Å². The quantitative estimate of drug-likeness (QED) is 0.233. The second-order valence-corrected chi connectivity index (χ2v) is 13.1. The van der Waals surface area contributed by atoms with Gasteiger partial charge in [-0.25, -0.2) is 14.2 Å². The lowest BCUT2D eigenvalue weighted by Crippen LogP contribution is -2.59. The number of hydrogen-bond acceptors (Lipinski definition) is 10. The summed E-state index contributed by atoms with van der Waals surface area (Å²) in [5.41, 5.74) is 3.04. The van der Waals surface area contributed by atoms with Gasteiger partial charge in [0.15, 0.2) is 11.5 Å². The average molecular weight is 679 g/mol. The van der Waals surface area contributed by atoms with Crippen LogP contribution in [0.3, 0.4) is 0 Å². The van der Waals surface area contributed by atoms with Crippen molar-refractivity contribution < 1.29 is 37.6 Å². The summed E-state index contributed by atoms with van der Waals surface area (Å²) in [6, 6.07) is 13.9. The number of anilines is 1. The Labute approximate surface area is 282 Å². The molecule has 252 valence electrons. The minimum Gasteiger partial charge on any atom is -0.494 e. The minimum absolute atomic E-state index is 0.0289. The molecule has 5 heterocycles. The highest BCUT2D eigenvalue weighted by molar-refractivity contribution is 6.30. The normalized spacial score (nSPS) is 24.9. The van der Waals surface area contributed by atoms with Crippen LogP contribution in [0.1, 0.15) is 35.1 Å². The van der Waals surface area contributed by atoms with Crippen LogP contribution in [0, 0.1) is 5.82 Å². The molecular formula is C35H36ClFN4O7. The maximum Gasteiger partial charge on any atom is 0.338 e. The predicted octanol–water partition coefficient (Wildman–Crippen LogP) is 5.15. The molecule has 3 aromatic carbocycles. The van der Waals surface area contributed by atoms with Crippen molar-refractivity contribution in [1.29, 1.82) is 0 Å². The molecule has 13 heteroatoms. The molecule has 0 bridgehead atoms. The van der Waals surface area contributed by atoms with Crippen molar-refractivity contribution in [3.05, 3.63) is 76.3 Å². The van der Waals surface area contributed by atoms with Gasteiger partial charge >= 0.3 is 5.97 Å². The number of benzene rings is 3. The zero-order chi connectivity index (χ0) is 33.2. The molecular weight excluding hydrogens is 643 g/mol. The van der Waals surface area contributed by atoms with E-state index in [1.165, 1.54) is 13.2 Å². The molecule has 1 aromatic heterocycles. The number of carbonyl (C=O) groups is 1. The van der Waals surface area contributed by atoms with Crippen molar-refractivity contribution in [3.8, 4) is 17.2 Å². The van der Waals surface area contributed by atoms with E-state index in [4.69, 9.17) is 45.0 Å². The Morgan fingerprint density at radius 2 is 1.94 bits per heavy atom. The number of para-hydroxylation sites is 1. The highest BCUT2D eigenvalue weighted by Gasteiger charge is 2.46. The van der Waals surface area contributed by atoms with E-state index < -0.39 is 17.6 Å². The smallest absolute Gasteiger partial charge is 0.338 e. The first-order chi connectivity index (χ1) is 23.3. The zero-order valence-corrected chi connectivity index (χ0v) is 27.7. The van der Waals surface area contributed by atoms with Crippen LogP contribution in [0.5, 0.6) is 17.2 Å². The number of hydrogen-bond donors (Lipinski definition) is 0. The third-order valence-corrected chi connectivity index (χ3v) is 10.1. The van der Waals surface area contributed by atoms with Gasteiger partial charge in [0, 0.05) is 31.6 Å². The van der Waals surface area contributed by atoms with Crippen LogP contribution in [-0.4, -0.2) is 85.7 Å². The highest BCUT2D eigenvalue weighted by atomic mass is 35.5. The molecule has 48 heavy (non-hydrogen) atoms. The number of rotatable bonds is 8. The average Bonchev–Trinajstić information content (AvgIpc) is 3.77. The number of imidazole rings is 1. The van der Waals surface area contributed by atoms with Gasteiger partial charge in [-0.2, -0.15) is 0 Å². The molecule has 0 N–H and O–H groups in total. The van der Waals surface area contributed by atoms with Crippen molar-refractivity contribution in [1.82, 2.24) is 14.5 Å². The predicted molar refractivity (Wildman–Crippen MR) is 175 cm³/mol. The largest absolute Gasteiger partial charge is 0.494 e. The van der Waals surface area contributed by atoms with Crippen LogP contribution in [-0.2, 0) is 33.1 Å². The number of carbonyl (C=O) groups excluding carboxylic acids is 1. The Kier molecular flexibility index (Phi) is 7.86. The van der Waals surface area contributed by atoms with E-state index in [1.807, 2.05) is 24.3 Å². The third kappa shape index (κ3) is 5.22. The van der Waals surface area contributed by atoms with E-state index in [0.717, 1.165) is 36.6 Å². The topological polar surface area (TPSA) is 96.8 Å². The molecule has 4 aliphatic heterocycles. The van der Waals surface area contributed by atoms with Gasteiger partial charge in [0.1, 0.15) is 22.9 Å². The van der Waals surface area contributed by atoms with Gasteiger partial charge < -0.3 is 37.9 Å². The van der Waals surface area contributed by atoms with Crippen molar-refractivity contribution in [2.75, 3.05) is 52.0 Å². The Morgan fingerprint density at radius 1 is 1.10 bits per heavy atom. The SMILES string of the molecule is COC(=O)c1cc(OC)c2nc(CN3CCN(c4cccc5c4OC(C)(c4ccc(Cl)cc4F)O5)C4COCC43)n(CC3CCO3)c2c1. The fraction of sp³-hybridized carbons (Fsp3) is 0.429. The summed E-state index contributed by atoms with van der Waals surface area (Å²) in [4.78, 5) is 22.3. The van der Waals surface area contributed by atoms with Gasteiger partial charge in [-0.1, -0.05) is 17.7 Å². The van der Waals surface area contributed by atoms with Crippen LogP contribution in [0.25, 0.3) is 11.0 Å². The summed E-state index contributed by atoms with van der Waals surface area (Å²) < 4.78 is 52.5. The summed E-state index contributed by atoms with van der Waals surface area (Å²) in [6.45, 7) is 6.15. The van der Waals surface area contributed by atoms with Gasteiger partial charge in [0.05, 0.1) is 81.0 Å².